The monoisotopic (exact) mass is 399 g/mol. The van der Waals surface area contributed by atoms with E-state index in [9.17, 15) is 4.79 Å². The summed E-state index contributed by atoms with van der Waals surface area (Å²) in [6.45, 7) is 2.06. The summed E-state index contributed by atoms with van der Waals surface area (Å²) in [5.74, 6) is 1.64. The highest BCUT2D eigenvalue weighted by Crippen LogP contribution is 2.64. The van der Waals surface area contributed by atoms with Crippen molar-refractivity contribution in [2.45, 2.75) is 43.4 Å². The quantitative estimate of drug-likeness (QED) is 0.701. The molecular weight excluding hydrogens is 378 g/mol. The van der Waals surface area contributed by atoms with Gasteiger partial charge in [-0.25, -0.2) is 15.0 Å². The van der Waals surface area contributed by atoms with Crippen LogP contribution in [0.2, 0.25) is 0 Å². The molecule has 2 aromatic heterocycles. The number of nitrogens with zero attached hydrogens (tertiary/aromatic N) is 5. The minimum absolute atomic E-state index is 0.0213. The van der Waals surface area contributed by atoms with Gasteiger partial charge in [-0.3, -0.25) is 9.89 Å². The maximum atomic E-state index is 12.9. The Hall–Kier alpha value is -3.29. The van der Waals surface area contributed by atoms with Crippen LogP contribution in [0.5, 0.6) is 0 Å². The number of rotatable bonds is 3. The van der Waals surface area contributed by atoms with Crippen LogP contribution in [0.4, 0.5) is 11.6 Å². The lowest BCUT2D eigenvalue weighted by Crippen LogP contribution is -2.38. The molecule has 1 spiro atoms. The minimum atomic E-state index is -0.552. The fraction of sp³-hybridized carbons (Fsp3) is 0.409. The SMILES string of the molecule is O=C1Nc2ccc(-c3nc(N4CCC4)nc4c3CCC4)cc2C12CC2c1nc[nH]n1. The number of aromatic nitrogens is 5. The molecule has 2 fully saturated rings. The van der Waals surface area contributed by atoms with E-state index in [1.165, 1.54) is 17.7 Å². The number of amides is 1. The molecule has 30 heavy (non-hydrogen) atoms. The Kier molecular flexibility index (Phi) is 3.11. The standard InChI is InChI=1S/C22H21N7O/c30-20-22(10-15(22)19-23-11-24-28-19)14-9-12(5-6-17(14)25-20)18-13-3-1-4-16(13)26-21(27-18)29-7-2-8-29/h5-6,9,11,15H,1-4,7-8,10H2,(H,25,30)(H,23,24,28). The van der Waals surface area contributed by atoms with Crippen LogP contribution in [0.3, 0.4) is 0 Å². The first-order valence-electron chi connectivity index (χ1n) is 10.7. The number of aromatic amines is 1. The number of hydrogen-bond acceptors (Lipinski definition) is 6. The van der Waals surface area contributed by atoms with Crippen molar-refractivity contribution >= 4 is 17.5 Å². The highest BCUT2D eigenvalue weighted by Gasteiger charge is 2.66. The first kappa shape index (κ1) is 16.5. The predicted molar refractivity (Wildman–Crippen MR) is 110 cm³/mol. The number of anilines is 2. The van der Waals surface area contributed by atoms with Gasteiger partial charge in [0.2, 0.25) is 11.9 Å². The van der Waals surface area contributed by atoms with E-state index < -0.39 is 5.41 Å². The molecule has 4 heterocycles. The molecule has 8 nitrogen and oxygen atoms in total. The topological polar surface area (TPSA) is 99.7 Å². The Morgan fingerprint density at radius 3 is 2.87 bits per heavy atom. The third kappa shape index (κ3) is 2.08. The molecule has 2 atom stereocenters. The first-order valence-corrected chi connectivity index (χ1v) is 10.7. The lowest BCUT2D eigenvalue weighted by molar-refractivity contribution is -0.118. The van der Waals surface area contributed by atoms with Crippen LogP contribution in [0.25, 0.3) is 11.3 Å². The zero-order valence-electron chi connectivity index (χ0n) is 16.5. The smallest absolute Gasteiger partial charge is 0.235 e. The van der Waals surface area contributed by atoms with Crippen molar-refractivity contribution in [3.05, 3.63) is 47.2 Å². The highest BCUT2D eigenvalue weighted by atomic mass is 16.2. The summed E-state index contributed by atoms with van der Waals surface area (Å²) in [7, 11) is 0. The number of nitrogens with one attached hydrogen (secondary N) is 2. The molecule has 2 aliphatic heterocycles. The molecule has 1 amide bonds. The second-order valence-corrected chi connectivity index (χ2v) is 8.79. The van der Waals surface area contributed by atoms with Gasteiger partial charge in [0.25, 0.3) is 0 Å². The second-order valence-electron chi connectivity index (χ2n) is 8.79. The number of benzene rings is 1. The van der Waals surface area contributed by atoms with E-state index in [4.69, 9.17) is 9.97 Å². The molecule has 1 saturated carbocycles. The molecule has 4 aliphatic rings. The maximum Gasteiger partial charge on any atom is 0.235 e. The van der Waals surface area contributed by atoms with Crippen LogP contribution in [0, 0.1) is 0 Å². The fourth-order valence-electron chi connectivity index (χ4n) is 5.35. The van der Waals surface area contributed by atoms with Crippen LogP contribution < -0.4 is 10.2 Å². The Morgan fingerprint density at radius 2 is 2.07 bits per heavy atom. The molecule has 2 unspecified atom stereocenters. The third-order valence-electron chi connectivity index (χ3n) is 7.19. The molecule has 1 saturated heterocycles. The summed E-state index contributed by atoms with van der Waals surface area (Å²) in [4.78, 5) is 29.4. The van der Waals surface area contributed by atoms with Crippen molar-refractivity contribution in [1.29, 1.82) is 0 Å². The second kappa shape index (κ2) is 5.65. The zero-order chi connectivity index (χ0) is 19.9. The van der Waals surface area contributed by atoms with Crippen molar-refractivity contribution < 1.29 is 4.79 Å². The van der Waals surface area contributed by atoms with Gasteiger partial charge in [-0.05, 0) is 49.8 Å². The summed E-state index contributed by atoms with van der Waals surface area (Å²) in [6, 6.07) is 6.28. The Bertz CT molecular complexity index is 1200. The third-order valence-corrected chi connectivity index (χ3v) is 7.19. The Labute approximate surface area is 173 Å². The number of fused-ring (bicyclic) bond motifs is 3. The number of aryl methyl sites for hydroxylation is 1. The lowest BCUT2D eigenvalue weighted by Gasteiger charge is -2.31. The van der Waals surface area contributed by atoms with E-state index in [1.54, 1.807) is 6.33 Å². The lowest BCUT2D eigenvalue weighted by atomic mass is 9.91. The van der Waals surface area contributed by atoms with E-state index >= 15 is 0 Å². The number of hydrogen-bond donors (Lipinski definition) is 2. The summed E-state index contributed by atoms with van der Waals surface area (Å²) in [6.07, 6.45) is 6.69. The Morgan fingerprint density at radius 1 is 1.13 bits per heavy atom. The van der Waals surface area contributed by atoms with Gasteiger partial charge in [-0.15, -0.1) is 0 Å². The molecule has 0 bridgehead atoms. The maximum absolute atomic E-state index is 12.9. The van der Waals surface area contributed by atoms with Crippen molar-refractivity contribution in [3.63, 3.8) is 0 Å². The predicted octanol–water partition coefficient (Wildman–Crippen LogP) is 2.34. The molecule has 150 valence electrons. The molecule has 3 aromatic rings. The normalized spacial score (nSPS) is 25.8. The van der Waals surface area contributed by atoms with Crippen molar-refractivity contribution in [1.82, 2.24) is 25.1 Å². The van der Waals surface area contributed by atoms with E-state index in [0.717, 1.165) is 67.2 Å². The molecule has 2 aliphatic carbocycles. The summed E-state index contributed by atoms with van der Waals surface area (Å²) < 4.78 is 0. The van der Waals surface area contributed by atoms with Crippen molar-refractivity contribution in [2.24, 2.45) is 0 Å². The molecule has 2 N–H and O–H groups in total. The van der Waals surface area contributed by atoms with E-state index in [-0.39, 0.29) is 11.8 Å². The van der Waals surface area contributed by atoms with Crippen LogP contribution in [-0.2, 0) is 23.1 Å². The summed E-state index contributed by atoms with van der Waals surface area (Å²) in [5.41, 5.74) is 5.97. The highest BCUT2D eigenvalue weighted by molar-refractivity contribution is 6.10. The summed E-state index contributed by atoms with van der Waals surface area (Å²) in [5, 5.41) is 10.1. The van der Waals surface area contributed by atoms with Crippen LogP contribution in [0.1, 0.15) is 47.8 Å². The van der Waals surface area contributed by atoms with Gasteiger partial charge in [0, 0.05) is 41.5 Å². The van der Waals surface area contributed by atoms with Gasteiger partial charge in [0.15, 0.2) is 5.82 Å². The van der Waals surface area contributed by atoms with Crippen molar-refractivity contribution in [2.75, 3.05) is 23.3 Å². The van der Waals surface area contributed by atoms with E-state index in [2.05, 4.69) is 37.5 Å². The van der Waals surface area contributed by atoms with Crippen LogP contribution >= 0.6 is 0 Å². The van der Waals surface area contributed by atoms with Gasteiger partial charge < -0.3 is 10.2 Å². The van der Waals surface area contributed by atoms with Gasteiger partial charge in [0.05, 0.1) is 11.1 Å². The summed E-state index contributed by atoms with van der Waals surface area (Å²) >= 11 is 0. The molecular formula is C22H21N7O. The average Bonchev–Trinajstić information content (AvgIpc) is 3.07. The molecule has 8 heteroatoms. The zero-order valence-corrected chi connectivity index (χ0v) is 16.5. The minimum Gasteiger partial charge on any atom is -0.341 e. The van der Waals surface area contributed by atoms with Gasteiger partial charge in [-0.2, -0.15) is 5.10 Å². The van der Waals surface area contributed by atoms with Gasteiger partial charge in [0.1, 0.15) is 6.33 Å². The number of H-pyrrole nitrogens is 1. The van der Waals surface area contributed by atoms with Crippen LogP contribution in [-0.4, -0.2) is 44.1 Å². The van der Waals surface area contributed by atoms with Crippen LogP contribution in [0.15, 0.2) is 24.5 Å². The van der Waals surface area contributed by atoms with E-state index in [0.29, 0.717) is 5.82 Å². The molecule has 0 radical (unpaired) electrons. The molecule has 1 aromatic carbocycles. The largest absolute Gasteiger partial charge is 0.341 e. The first-order chi connectivity index (χ1) is 14.7. The fourth-order valence-corrected chi connectivity index (χ4v) is 5.35. The van der Waals surface area contributed by atoms with E-state index in [1.807, 2.05) is 6.07 Å². The van der Waals surface area contributed by atoms with Gasteiger partial charge >= 0.3 is 0 Å². The van der Waals surface area contributed by atoms with Crippen molar-refractivity contribution in [3.8, 4) is 11.3 Å². The number of carbonyl (C=O) groups excluding carboxylic acids is 1. The van der Waals surface area contributed by atoms with Gasteiger partial charge in [-0.1, -0.05) is 6.07 Å². The Balaban J connectivity index is 1.35. The molecule has 7 rings (SSSR count). The average molecular weight is 399 g/mol. The number of carbonyl (C=O) groups is 1.